The van der Waals surface area contributed by atoms with Crippen molar-refractivity contribution in [3.05, 3.63) is 39.9 Å². The molecule has 0 aromatic heterocycles. The zero-order valence-electron chi connectivity index (χ0n) is 11.8. The lowest BCUT2D eigenvalue weighted by Crippen LogP contribution is -2.21. The third-order valence-corrected chi connectivity index (χ3v) is 2.80. The summed E-state index contributed by atoms with van der Waals surface area (Å²) in [4.78, 5) is 10.3. The van der Waals surface area contributed by atoms with E-state index in [0.717, 1.165) is 25.1 Å². The van der Waals surface area contributed by atoms with Gasteiger partial charge in [-0.15, -0.1) is 0 Å². The summed E-state index contributed by atoms with van der Waals surface area (Å²) >= 11 is 0. The molecule has 19 heavy (non-hydrogen) atoms. The standard InChI is InChI=1S/C14H22N2O3/c1-11(2)19-9-5-8-15-12(3)13-6-4-7-14(10-13)16(17)18/h4,6-7,10-12,15H,5,8-9H2,1-3H3. The fourth-order valence-electron chi connectivity index (χ4n) is 1.74. The zero-order valence-corrected chi connectivity index (χ0v) is 11.8. The van der Waals surface area contributed by atoms with E-state index >= 15 is 0 Å². The average molecular weight is 266 g/mol. The Kier molecular flexibility index (Phi) is 6.45. The molecule has 0 aliphatic rings. The van der Waals surface area contributed by atoms with Crippen molar-refractivity contribution >= 4 is 5.69 Å². The number of non-ortho nitro benzene ring substituents is 1. The number of nitro benzene ring substituents is 1. The lowest BCUT2D eigenvalue weighted by atomic mass is 10.1. The first-order valence-electron chi connectivity index (χ1n) is 6.60. The molecule has 0 bridgehead atoms. The molecular weight excluding hydrogens is 244 g/mol. The molecule has 1 unspecified atom stereocenters. The largest absolute Gasteiger partial charge is 0.379 e. The number of rotatable bonds is 8. The van der Waals surface area contributed by atoms with Gasteiger partial charge in [0.1, 0.15) is 0 Å². The first-order valence-corrected chi connectivity index (χ1v) is 6.60. The van der Waals surface area contributed by atoms with E-state index in [0.29, 0.717) is 0 Å². The quantitative estimate of drug-likeness (QED) is 0.446. The third kappa shape index (κ3) is 5.81. The van der Waals surface area contributed by atoms with Crippen LogP contribution < -0.4 is 5.32 Å². The maximum Gasteiger partial charge on any atom is 0.269 e. The lowest BCUT2D eigenvalue weighted by molar-refractivity contribution is -0.384. The predicted octanol–water partition coefficient (Wildman–Crippen LogP) is 3.06. The number of hydrogen-bond donors (Lipinski definition) is 1. The molecule has 1 rings (SSSR count). The van der Waals surface area contributed by atoms with Gasteiger partial charge in [0.05, 0.1) is 11.0 Å². The fraction of sp³-hybridized carbons (Fsp3) is 0.571. The Labute approximate surface area is 114 Å². The Hall–Kier alpha value is -1.46. The van der Waals surface area contributed by atoms with Crippen molar-refractivity contribution in [2.24, 2.45) is 0 Å². The maximum atomic E-state index is 10.7. The molecule has 0 amide bonds. The van der Waals surface area contributed by atoms with Gasteiger partial charge in [0.2, 0.25) is 0 Å². The maximum absolute atomic E-state index is 10.7. The SMILES string of the molecule is CC(C)OCCCNC(C)c1cccc([N+](=O)[O-])c1. The Morgan fingerprint density at radius 1 is 1.37 bits per heavy atom. The minimum atomic E-state index is -0.368. The molecule has 1 N–H and O–H groups in total. The van der Waals surface area contributed by atoms with E-state index in [9.17, 15) is 10.1 Å². The number of nitro groups is 1. The van der Waals surface area contributed by atoms with Crippen molar-refractivity contribution in [3.63, 3.8) is 0 Å². The zero-order chi connectivity index (χ0) is 14.3. The average Bonchev–Trinajstić information content (AvgIpc) is 2.37. The van der Waals surface area contributed by atoms with Gasteiger partial charge in [0.15, 0.2) is 0 Å². The topological polar surface area (TPSA) is 64.4 Å². The normalized spacial score (nSPS) is 12.6. The van der Waals surface area contributed by atoms with Gasteiger partial charge in [-0.25, -0.2) is 0 Å². The smallest absolute Gasteiger partial charge is 0.269 e. The van der Waals surface area contributed by atoms with Crippen molar-refractivity contribution in [1.29, 1.82) is 0 Å². The van der Waals surface area contributed by atoms with Crippen LogP contribution in [0.4, 0.5) is 5.69 Å². The molecular formula is C14H22N2O3. The number of ether oxygens (including phenoxy) is 1. The lowest BCUT2D eigenvalue weighted by Gasteiger charge is -2.14. The Morgan fingerprint density at radius 2 is 2.11 bits per heavy atom. The Bertz CT molecular complexity index is 407. The molecule has 0 heterocycles. The van der Waals surface area contributed by atoms with Crippen LogP contribution in [0, 0.1) is 10.1 Å². The summed E-state index contributed by atoms with van der Waals surface area (Å²) in [5, 5.41) is 14.0. The molecule has 0 aliphatic heterocycles. The summed E-state index contributed by atoms with van der Waals surface area (Å²) in [6.45, 7) is 7.59. The van der Waals surface area contributed by atoms with Crippen molar-refractivity contribution < 1.29 is 9.66 Å². The van der Waals surface area contributed by atoms with Crippen LogP contribution in [-0.2, 0) is 4.74 Å². The van der Waals surface area contributed by atoms with Gasteiger partial charge in [-0.05, 0) is 39.3 Å². The molecule has 0 fully saturated rings. The van der Waals surface area contributed by atoms with Crippen LogP contribution in [0.25, 0.3) is 0 Å². The molecule has 0 radical (unpaired) electrons. The molecule has 5 nitrogen and oxygen atoms in total. The fourth-order valence-corrected chi connectivity index (χ4v) is 1.74. The second-order valence-electron chi connectivity index (χ2n) is 4.80. The van der Waals surface area contributed by atoms with E-state index in [-0.39, 0.29) is 22.8 Å². The van der Waals surface area contributed by atoms with Gasteiger partial charge in [-0.2, -0.15) is 0 Å². The van der Waals surface area contributed by atoms with Crippen molar-refractivity contribution in [3.8, 4) is 0 Å². The minimum Gasteiger partial charge on any atom is -0.379 e. The van der Waals surface area contributed by atoms with E-state index in [1.54, 1.807) is 12.1 Å². The number of benzene rings is 1. The second-order valence-corrected chi connectivity index (χ2v) is 4.80. The van der Waals surface area contributed by atoms with Crippen LogP contribution in [-0.4, -0.2) is 24.2 Å². The van der Waals surface area contributed by atoms with Crippen LogP contribution in [0.2, 0.25) is 0 Å². The van der Waals surface area contributed by atoms with Gasteiger partial charge in [-0.1, -0.05) is 12.1 Å². The van der Waals surface area contributed by atoms with Crippen molar-refractivity contribution in [1.82, 2.24) is 5.32 Å². The van der Waals surface area contributed by atoms with Crippen LogP contribution in [0.3, 0.4) is 0 Å². The predicted molar refractivity (Wildman–Crippen MR) is 75.2 cm³/mol. The first-order chi connectivity index (χ1) is 9.00. The van der Waals surface area contributed by atoms with Crippen LogP contribution in [0.15, 0.2) is 24.3 Å². The highest BCUT2D eigenvalue weighted by Crippen LogP contribution is 2.18. The molecule has 0 saturated heterocycles. The molecule has 1 aromatic rings. The highest BCUT2D eigenvalue weighted by molar-refractivity contribution is 5.35. The highest BCUT2D eigenvalue weighted by atomic mass is 16.6. The van der Waals surface area contributed by atoms with Gasteiger partial charge >= 0.3 is 0 Å². The van der Waals surface area contributed by atoms with E-state index in [1.165, 1.54) is 6.07 Å². The minimum absolute atomic E-state index is 0.0962. The van der Waals surface area contributed by atoms with Crippen LogP contribution in [0.1, 0.15) is 38.8 Å². The summed E-state index contributed by atoms with van der Waals surface area (Å²) in [5.74, 6) is 0. The first kappa shape index (κ1) is 15.6. The summed E-state index contributed by atoms with van der Waals surface area (Å²) in [5.41, 5.74) is 1.06. The third-order valence-electron chi connectivity index (χ3n) is 2.80. The summed E-state index contributed by atoms with van der Waals surface area (Å²) in [6.07, 6.45) is 1.19. The van der Waals surface area contributed by atoms with Gasteiger partial charge in [0, 0.05) is 24.8 Å². The highest BCUT2D eigenvalue weighted by Gasteiger charge is 2.10. The van der Waals surface area contributed by atoms with Crippen LogP contribution >= 0.6 is 0 Å². The Balaban J connectivity index is 2.38. The second kappa shape index (κ2) is 7.86. The molecule has 0 spiro atoms. The number of hydrogen-bond acceptors (Lipinski definition) is 4. The molecule has 0 aliphatic carbocycles. The number of nitrogens with zero attached hydrogens (tertiary/aromatic N) is 1. The van der Waals surface area contributed by atoms with E-state index in [4.69, 9.17) is 4.74 Å². The monoisotopic (exact) mass is 266 g/mol. The molecule has 1 atom stereocenters. The molecule has 5 heteroatoms. The van der Waals surface area contributed by atoms with E-state index in [2.05, 4.69) is 5.32 Å². The van der Waals surface area contributed by atoms with Gasteiger partial charge in [-0.3, -0.25) is 10.1 Å². The molecule has 106 valence electrons. The van der Waals surface area contributed by atoms with Crippen molar-refractivity contribution in [2.75, 3.05) is 13.2 Å². The van der Waals surface area contributed by atoms with Gasteiger partial charge in [0.25, 0.3) is 5.69 Å². The van der Waals surface area contributed by atoms with Crippen LogP contribution in [0.5, 0.6) is 0 Å². The number of nitrogens with one attached hydrogen (secondary N) is 1. The van der Waals surface area contributed by atoms with E-state index < -0.39 is 0 Å². The summed E-state index contributed by atoms with van der Waals surface area (Å²) in [7, 11) is 0. The molecule has 1 aromatic carbocycles. The Morgan fingerprint density at radius 3 is 2.74 bits per heavy atom. The van der Waals surface area contributed by atoms with Crippen molar-refractivity contribution in [2.45, 2.75) is 39.3 Å². The summed E-state index contributed by atoms with van der Waals surface area (Å²) < 4.78 is 5.45. The summed E-state index contributed by atoms with van der Waals surface area (Å²) in [6, 6.07) is 6.83. The van der Waals surface area contributed by atoms with Gasteiger partial charge < -0.3 is 10.1 Å². The molecule has 0 saturated carbocycles. The van der Waals surface area contributed by atoms with E-state index in [1.807, 2.05) is 26.8 Å².